The van der Waals surface area contributed by atoms with Gasteiger partial charge < -0.3 is 4.42 Å². The third-order valence-electron chi connectivity index (χ3n) is 3.32. The molecule has 16 heavy (non-hydrogen) atoms. The Morgan fingerprint density at radius 3 is 2.56 bits per heavy atom. The van der Waals surface area contributed by atoms with Crippen LogP contribution < -0.4 is 0 Å². The van der Waals surface area contributed by atoms with Gasteiger partial charge in [-0.1, -0.05) is 0 Å². The van der Waals surface area contributed by atoms with Crippen LogP contribution in [0.2, 0.25) is 0 Å². The number of nitrogens with zero attached hydrogens (tertiary/aromatic N) is 1. The summed E-state index contributed by atoms with van der Waals surface area (Å²) in [6, 6.07) is 1.84. The van der Waals surface area contributed by atoms with Gasteiger partial charge in [-0.2, -0.15) is 4.31 Å². The van der Waals surface area contributed by atoms with Crippen molar-refractivity contribution in [1.82, 2.24) is 4.31 Å². The molecule has 2 rings (SSSR count). The quantitative estimate of drug-likeness (QED) is 0.811. The Labute approximate surface area is 96.3 Å². The van der Waals surface area contributed by atoms with Gasteiger partial charge in [0.2, 0.25) is 10.0 Å². The zero-order valence-corrected chi connectivity index (χ0v) is 10.7. The second-order valence-electron chi connectivity index (χ2n) is 4.74. The van der Waals surface area contributed by atoms with Crippen molar-refractivity contribution in [1.29, 1.82) is 0 Å². The summed E-state index contributed by atoms with van der Waals surface area (Å²) in [6.07, 6.45) is 3.11. The zero-order chi connectivity index (χ0) is 12.0. The van der Waals surface area contributed by atoms with E-state index in [0.717, 1.165) is 24.2 Å². The van der Waals surface area contributed by atoms with E-state index in [9.17, 15) is 8.42 Å². The molecule has 1 fully saturated rings. The summed E-state index contributed by atoms with van der Waals surface area (Å²) in [4.78, 5) is 0. The summed E-state index contributed by atoms with van der Waals surface area (Å²) in [6.45, 7) is 4.03. The lowest BCUT2D eigenvalue weighted by Crippen LogP contribution is -2.35. The fourth-order valence-electron chi connectivity index (χ4n) is 1.66. The van der Waals surface area contributed by atoms with Gasteiger partial charge in [0.15, 0.2) is 0 Å². The first-order valence-corrected chi connectivity index (χ1v) is 6.80. The fraction of sp³-hybridized carbons (Fsp3) is 0.636. The van der Waals surface area contributed by atoms with Crippen LogP contribution >= 0.6 is 0 Å². The van der Waals surface area contributed by atoms with Crippen LogP contribution in [0.15, 0.2) is 16.7 Å². The summed E-state index contributed by atoms with van der Waals surface area (Å²) >= 11 is 0. The lowest BCUT2D eigenvalue weighted by Gasteiger charge is -2.20. The summed E-state index contributed by atoms with van der Waals surface area (Å²) in [5.41, 5.74) is 0.989. The van der Waals surface area contributed by atoms with Crippen molar-refractivity contribution in [3.8, 4) is 0 Å². The van der Waals surface area contributed by atoms with Crippen molar-refractivity contribution in [2.24, 2.45) is 0 Å². The van der Waals surface area contributed by atoms with E-state index in [-0.39, 0.29) is 0 Å². The first-order valence-electron chi connectivity index (χ1n) is 5.36. The number of rotatable bonds is 4. The van der Waals surface area contributed by atoms with Gasteiger partial charge in [-0.05, 0) is 38.3 Å². The Bertz CT molecular complexity index is 485. The lowest BCUT2D eigenvalue weighted by atomic mass is 10.3. The Balaban J connectivity index is 2.15. The average molecular weight is 243 g/mol. The Kier molecular flexibility index (Phi) is 2.62. The van der Waals surface area contributed by atoms with E-state index in [0.29, 0.717) is 6.54 Å². The Morgan fingerprint density at radius 1 is 1.50 bits per heavy atom. The van der Waals surface area contributed by atoms with Gasteiger partial charge in [-0.25, -0.2) is 8.42 Å². The van der Waals surface area contributed by atoms with Crippen LogP contribution in [0.4, 0.5) is 0 Å². The van der Waals surface area contributed by atoms with Crippen LogP contribution in [0.5, 0.6) is 0 Å². The maximum absolute atomic E-state index is 12.1. The maximum Gasteiger partial charge on any atom is 0.219 e. The Hall–Kier alpha value is -0.810. The molecule has 1 aliphatic carbocycles. The zero-order valence-electron chi connectivity index (χ0n) is 9.86. The molecule has 1 aromatic heterocycles. The molecule has 1 aromatic rings. The molecule has 0 saturated heterocycles. The van der Waals surface area contributed by atoms with E-state index in [4.69, 9.17) is 4.42 Å². The number of furan rings is 1. The standard InChI is InChI=1S/C11H17NO3S/c1-9-4-7-15-10(9)8-12(3)16(13,14)11(2)5-6-11/h4,7H,5-6,8H2,1-3H3. The minimum atomic E-state index is -3.18. The van der Waals surface area contributed by atoms with Crippen LogP contribution in [0.25, 0.3) is 0 Å². The number of hydrogen-bond donors (Lipinski definition) is 0. The molecule has 0 atom stereocenters. The number of aryl methyl sites for hydroxylation is 1. The minimum absolute atomic E-state index is 0.316. The van der Waals surface area contributed by atoms with Crippen LogP contribution in [-0.4, -0.2) is 24.5 Å². The minimum Gasteiger partial charge on any atom is -0.468 e. The molecular weight excluding hydrogens is 226 g/mol. The highest BCUT2D eigenvalue weighted by Crippen LogP contribution is 2.44. The van der Waals surface area contributed by atoms with Crippen molar-refractivity contribution < 1.29 is 12.8 Å². The normalized spacial score (nSPS) is 19.0. The molecule has 4 nitrogen and oxygen atoms in total. The van der Waals surface area contributed by atoms with Crippen molar-refractivity contribution in [3.63, 3.8) is 0 Å². The molecule has 0 aliphatic heterocycles. The molecule has 0 bridgehead atoms. The first kappa shape index (κ1) is 11.7. The smallest absolute Gasteiger partial charge is 0.219 e. The maximum atomic E-state index is 12.1. The second-order valence-corrected chi connectivity index (χ2v) is 7.30. The molecule has 0 amide bonds. The van der Waals surface area contributed by atoms with E-state index >= 15 is 0 Å². The van der Waals surface area contributed by atoms with Crippen LogP contribution in [0, 0.1) is 6.92 Å². The highest BCUT2D eigenvalue weighted by molar-refractivity contribution is 7.90. The van der Waals surface area contributed by atoms with E-state index in [1.165, 1.54) is 4.31 Å². The van der Waals surface area contributed by atoms with Crippen LogP contribution in [0.1, 0.15) is 31.1 Å². The molecule has 0 N–H and O–H groups in total. The van der Waals surface area contributed by atoms with Gasteiger partial charge in [0.05, 0.1) is 17.6 Å². The summed E-state index contributed by atoms with van der Waals surface area (Å²) < 4.78 is 30.4. The summed E-state index contributed by atoms with van der Waals surface area (Å²) in [7, 11) is -1.57. The molecule has 1 saturated carbocycles. The predicted molar refractivity (Wildman–Crippen MR) is 61.5 cm³/mol. The molecule has 90 valence electrons. The molecule has 0 unspecified atom stereocenters. The topological polar surface area (TPSA) is 50.5 Å². The molecule has 0 radical (unpaired) electrons. The van der Waals surface area contributed by atoms with Crippen molar-refractivity contribution in [2.45, 2.75) is 38.0 Å². The molecular formula is C11H17NO3S. The van der Waals surface area contributed by atoms with Crippen LogP contribution in [0.3, 0.4) is 0 Å². The Morgan fingerprint density at radius 2 is 2.12 bits per heavy atom. The number of hydrogen-bond acceptors (Lipinski definition) is 3. The van der Waals surface area contributed by atoms with Crippen molar-refractivity contribution in [2.75, 3.05) is 7.05 Å². The van der Waals surface area contributed by atoms with E-state index in [2.05, 4.69) is 0 Å². The monoisotopic (exact) mass is 243 g/mol. The third-order valence-corrected chi connectivity index (χ3v) is 5.93. The van der Waals surface area contributed by atoms with Gasteiger partial charge in [0, 0.05) is 7.05 Å². The van der Waals surface area contributed by atoms with Gasteiger partial charge >= 0.3 is 0 Å². The van der Waals surface area contributed by atoms with E-state index in [1.807, 2.05) is 13.0 Å². The largest absolute Gasteiger partial charge is 0.468 e. The third kappa shape index (κ3) is 1.78. The summed E-state index contributed by atoms with van der Waals surface area (Å²) in [5.74, 6) is 0.718. The molecule has 1 aliphatic rings. The fourth-order valence-corrected chi connectivity index (χ4v) is 3.32. The van der Waals surface area contributed by atoms with Gasteiger partial charge in [0.25, 0.3) is 0 Å². The summed E-state index contributed by atoms with van der Waals surface area (Å²) in [5, 5.41) is 0. The average Bonchev–Trinajstić information content (AvgIpc) is 2.85. The van der Waals surface area contributed by atoms with Gasteiger partial charge in [-0.15, -0.1) is 0 Å². The van der Waals surface area contributed by atoms with Crippen LogP contribution in [-0.2, 0) is 16.6 Å². The number of sulfonamides is 1. The molecule has 0 spiro atoms. The van der Waals surface area contributed by atoms with E-state index in [1.54, 1.807) is 20.2 Å². The van der Waals surface area contributed by atoms with Gasteiger partial charge in [0.1, 0.15) is 5.76 Å². The SMILES string of the molecule is Cc1ccoc1CN(C)S(=O)(=O)C1(C)CC1. The molecule has 5 heteroatoms. The molecule has 1 heterocycles. The van der Waals surface area contributed by atoms with Gasteiger partial charge in [-0.3, -0.25) is 0 Å². The van der Waals surface area contributed by atoms with Crippen molar-refractivity contribution >= 4 is 10.0 Å². The first-order chi connectivity index (χ1) is 7.37. The lowest BCUT2D eigenvalue weighted by molar-refractivity contribution is 0.399. The highest BCUT2D eigenvalue weighted by Gasteiger charge is 2.51. The molecule has 0 aromatic carbocycles. The highest BCUT2D eigenvalue weighted by atomic mass is 32.2. The predicted octanol–water partition coefficient (Wildman–Crippen LogP) is 1.90. The second kappa shape index (κ2) is 3.60. The van der Waals surface area contributed by atoms with Crippen molar-refractivity contribution in [3.05, 3.63) is 23.7 Å². The van der Waals surface area contributed by atoms with E-state index < -0.39 is 14.8 Å².